The topological polar surface area (TPSA) is 37.8 Å². The molecule has 4 heteroatoms. The number of halogens is 1. The number of hydrogen-bond donors (Lipinski definition) is 1. The molecule has 0 amide bonds. The van der Waals surface area contributed by atoms with Crippen molar-refractivity contribution in [3.8, 4) is 0 Å². The van der Waals surface area contributed by atoms with E-state index in [9.17, 15) is 0 Å². The Labute approximate surface area is 105 Å². The van der Waals surface area contributed by atoms with E-state index in [0.717, 1.165) is 28.7 Å². The molecule has 0 spiro atoms. The van der Waals surface area contributed by atoms with Crippen molar-refractivity contribution in [3.05, 3.63) is 17.0 Å². The third kappa shape index (κ3) is 3.17. The summed E-state index contributed by atoms with van der Waals surface area (Å²) >= 11 is 3.45. The molecule has 16 heavy (non-hydrogen) atoms. The highest BCUT2D eigenvalue weighted by Gasteiger charge is 2.18. The van der Waals surface area contributed by atoms with Gasteiger partial charge in [0.25, 0.3) is 0 Å². The average molecular weight is 284 g/mol. The van der Waals surface area contributed by atoms with E-state index in [1.165, 1.54) is 25.7 Å². The predicted molar refractivity (Wildman–Crippen MR) is 69.3 cm³/mol. The van der Waals surface area contributed by atoms with E-state index in [-0.39, 0.29) is 0 Å². The molecule has 0 bridgehead atoms. The van der Waals surface area contributed by atoms with E-state index in [2.05, 4.69) is 38.1 Å². The molecule has 0 saturated heterocycles. The number of anilines is 1. The fourth-order valence-corrected chi connectivity index (χ4v) is 2.79. The molecule has 1 aliphatic rings. The maximum atomic E-state index is 4.21. The van der Waals surface area contributed by atoms with Crippen LogP contribution < -0.4 is 5.32 Å². The lowest BCUT2D eigenvalue weighted by molar-refractivity contribution is 0.293. The van der Waals surface area contributed by atoms with Gasteiger partial charge in [-0.15, -0.1) is 0 Å². The third-order valence-electron chi connectivity index (χ3n) is 3.27. The van der Waals surface area contributed by atoms with Crippen molar-refractivity contribution in [2.24, 2.45) is 11.8 Å². The minimum Gasteiger partial charge on any atom is -0.369 e. The van der Waals surface area contributed by atoms with Gasteiger partial charge >= 0.3 is 0 Å². The van der Waals surface area contributed by atoms with Gasteiger partial charge in [0, 0.05) is 12.7 Å². The molecule has 3 nitrogen and oxygen atoms in total. The van der Waals surface area contributed by atoms with Crippen molar-refractivity contribution in [2.75, 3.05) is 11.9 Å². The highest BCUT2D eigenvalue weighted by atomic mass is 79.9. The van der Waals surface area contributed by atoms with Crippen LogP contribution in [0.3, 0.4) is 0 Å². The summed E-state index contributed by atoms with van der Waals surface area (Å²) in [5.41, 5.74) is 0. The molecule has 2 atom stereocenters. The van der Waals surface area contributed by atoms with Crippen LogP contribution in [0.4, 0.5) is 5.82 Å². The minimum atomic E-state index is 0.797. The standard InChI is InChI=1S/C12H18BrN3/c1-9-3-2-4-10(5-9)6-15-12-11(13)7-14-8-16-12/h7-10H,2-6H2,1H3,(H,14,15,16). The second-order valence-electron chi connectivity index (χ2n) is 4.74. The molecule has 88 valence electrons. The fourth-order valence-electron chi connectivity index (χ4n) is 2.43. The summed E-state index contributed by atoms with van der Waals surface area (Å²) < 4.78 is 0.943. The second-order valence-corrected chi connectivity index (χ2v) is 5.59. The van der Waals surface area contributed by atoms with Gasteiger partial charge in [0.05, 0.1) is 4.47 Å². The van der Waals surface area contributed by atoms with Gasteiger partial charge < -0.3 is 5.32 Å². The molecular weight excluding hydrogens is 266 g/mol. The van der Waals surface area contributed by atoms with Crippen molar-refractivity contribution in [3.63, 3.8) is 0 Å². The Morgan fingerprint density at radius 1 is 1.50 bits per heavy atom. The molecule has 0 aliphatic heterocycles. The summed E-state index contributed by atoms with van der Waals surface area (Å²) in [7, 11) is 0. The van der Waals surface area contributed by atoms with Crippen LogP contribution in [0.5, 0.6) is 0 Å². The van der Waals surface area contributed by atoms with Crippen molar-refractivity contribution in [1.29, 1.82) is 0 Å². The molecule has 0 radical (unpaired) electrons. The van der Waals surface area contributed by atoms with Gasteiger partial charge in [0.2, 0.25) is 0 Å². The lowest BCUT2D eigenvalue weighted by atomic mass is 9.82. The SMILES string of the molecule is CC1CCCC(CNc2ncncc2Br)C1. The summed E-state index contributed by atoms with van der Waals surface area (Å²) in [4.78, 5) is 8.17. The first kappa shape index (κ1) is 11.8. The van der Waals surface area contributed by atoms with Gasteiger partial charge in [-0.2, -0.15) is 0 Å². The molecule has 2 unspecified atom stereocenters. The van der Waals surface area contributed by atoms with E-state index < -0.39 is 0 Å². The summed E-state index contributed by atoms with van der Waals surface area (Å²) in [6.45, 7) is 3.38. The molecule has 1 N–H and O–H groups in total. The number of nitrogens with zero attached hydrogens (tertiary/aromatic N) is 2. The third-order valence-corrected chi connectivity index (χ3v) is 3.85. The first-order valence-electron chi connectivity index (χ1n) is 5.95. The van der Waals surface area contributed by atoms with Crippen LogP contribution in [0.1, 0.15) is 32.6 Å². The smallest absolute Gasteiger partial charge is 0.143 e. The number of aromatic nitrogens is 2. The lowest BCUT2D eigenvalue weighted by Gasteiger charge is -2.27. The van der Waals surface area contributed by atoms with Crippen LogP contribution in [0, 0.1) is 11.8 Å². The van der Waals surface area contributed by atoms with E-state index in [1.54, 1.807) is 12.5 Å². The largest absolute Gasteiger partial charge is 0.369 e. The van der Waals surface area contributed by atoms with E-state index in [4.69, 9.17) is 0 Å². The quantitative estimate of drug-likeness (QED) is 0.923. The normalized spacial score (nSPS) is 25.4. The average Bonchev–Trinajstić information content (AvgIpc) is 2.28. The van der Waals surface area contributed by atoms with Gasteiger partial charge in [-0.05, 0) is 40.6 Å². The maximum Gasteiger partial charge on any atom is 0.143 e. The van der Waals surface area contributed by atoms with Crippen molar-refractivity contribution < 1.29 is 0 Å². The zero-order valence-corrected chi connectivity index (χ0v) is 11.2. The first-order valence-corrected chi connectivity index (χ1v) is 6.74. The Balaban J connectivity index is 1.85. The maximum absolute atomic E-state index is 4.21. The van der Waals surface area contributed by atoms with Gasteiger partial charge in [0.15, 0.2) is 0 Å². The van der Waals surface area contributed by atoms with Gasteiger partial charge in [0.1, 0.15) is 12.1 Å². The van der Waals surface area contributed by atoms with E-state index in [0.29, 0.717) is 0 Å². The fraction of sp³-hybridized carbons (Fsp3) is 0.667. The zero-order chi connectivity index (χ0) is 11.4. The van der Waals surface area contributed by atoms with Crippen molar-refractivity contribution >= 4 is 21.7 Å². The Hall–Kier alpha value is -0.640. The minimum absolute atomic E-state index is 0.797. The van der Waals surface area contributed by atoms with Crippen LogP contribution in [0.25, 0.3) is 0 Å². The molecule has 1 fully saturated rings. The summed E-state index contributed by atoms with van der Waals surface area (Å²) in [5.74, 6) is 2.59. The number of rotatable bonds is 3. The van der Waals surface area contributed by atoms with Crippen molar-refractivity contribution in [2.45, 2.75) is 32.6 Å². The summed E-state index contributed by atoms with van der Waals surface area (Å²) in [6, 6.07) is 0. The predicted octanol–water partition coefficient (Wildman–Crippen LogP) is 3.48. The molecule has 1 aliphatic carbocycles. The lowest BCUT2D eigenvalue weighted by Crippen LogP contribution is -2.21. The van der Waals surface area contributed by atoms with Crippen LogP contribution in [0.15, 0.2) is 17.0 Å². The van der Waals surface area contributed by atoms with Crippen molar-refractivity contribution in [1.82, 2.24) is 9.97 Å². The molecular formula is C12H18BrN3. The Bertz CT molecular complexity index is 343. The number of hydrogen-bond acceptors (Lipinski definition) is 3. The highest BCUT2D eigenvalue weighted by molar-refractivity contribution is 9.10. The van der Waals surface area contributed by atoms with Crippen LogP contribution in [-0.2, 0) is 0 Å². The molecule has 2 rings (SSSR count). The van der Waals surface area contributed by atoms with Crippen LogP contribution in [0.2, 0.25) is 0 Å². The van der Waals surface area contributed by atoms with E-state index >= 15 is 0 Å². The molecule has 1 heterocycles. The van der Waals surface area contributed by atoms with Gasteiger partial charge in [-0.3, -0.25) is 0 Å². The molecule has 1 aromatic rings. The first-order chi connectivity index (χ1) is 7.75. The van der Waals surface area contributed by atoms with Gasteiger partial charge in [-0.25, -0.2) is 9.97 Å². The second kappa shape index (κ2) is 5.62. The Kier molecular flexibility index (Phi) is 4.16. The summed E-state index contributed by atoms with van der Waals surface area (Å²) in [5, 5.41) is 3.41. The highest BCUT2D eigenvalue weighted by Crippen LogP contribution is 2.29. The Morgan fingerprint density at radius 2 is 2.38 bits per heavy atom. The molecule has 0 aromatic carbocycles. The number of nitrogens with one attached hydrogen (secondary N) is 1. The van der Waals surface area contributed by atoms with E-state index in [1.807, 2.05) is 0 Å². The molecule has 1 aromatic heterocycles. The zero-order valence-electron chi connectivity index (χ0n) is 9.62. The van der Waals surface area contributed by atoms with Crippen LogP contribution >= 0.6 is 15.9 Å². The monoisotopic (exact) mass is 283 g/mol. The van der Waals surface area contributed by atoms with Crippen LogP contribution in [-0.4, -0.2) is 16.5 Å². The van der Waals surface area contributed by atoms with Gasteiger partial charge in [-0.1, -0.05) is 19.8 Å². The molecule has 1 saturated carbocycles. The summed E-state index contributed by atoms with van der Waals surface area (Å²) in [6.07, 6.45) is 8.82. The Morgan fingerprint density at radius 3 is 3.12 bits per heavy atom.